The smallest absolute Gasteiger partial charge is 0.217 e. The monoisotopic (exact) mass is 255 g/mol. The average molecular weight is 255 g/mol. The molecule has 0 rings (SSSR count). The summed E-state index contributed by atoms with van der Waals surface area (Å²) in [5.41, 5.74) is 5.05. The van der Waals surface area contributed by atoms with E-state index in [1.807, 2.05) is 6.08 Å². The summed E-state index contributed by atoms with van der Waals surface area (Å²) in [5, 5.41) is 0. The minimum atomic E-state index is -0.159. The number of rotatable bonds is 11. The minimum Gasteiger partial charge on any atom is -0.370 e. The highest BCUT2D eigenvalue weighted by Gasteiger charge is 1.94. The van der Waals surface area contributed by atoms with Gasteiger partial charge in [-0.2, -0.15) is 0 Å². The molecule has 0 fully saturated rings. The minimum absolute atomic E-state index is 0.159. The molecule has 2 nitrogen and oxygen atoms in total. The van der Waals surface area contributed by atoms with E-state index in [9.17, 15) is 4.79 Å². The van der Waals surface area contributed by atoms with E-state index in [0.29, 0.717) is 6.42 Å². The van der Waals surface area contributed by atoms with Gasteiger partial charge >= 0.3 is 0 Å². The number of carbonyl (C=O) groups is 1. The van der Waals surface area contributed by atoms with Gasteiger partial charge in [0.15, 0.2) is 0 Å². The van der Waals surface area contributed by atoms with Crippen molar-refractivity contribution >= 4 is 5.91 Å². The molecule has 2 heteroatoms. The van der Waals surface area contributed by atoms with Gasteiger partial charge in [0.05, 0.1) is 0 Å². The molecule has 0 aromatic rings. The SMILES string of the molecule is C=CCC.CCCCCCCCCCCC(N)=O. The number of amides is 1. The number of nitrogens with two attached hydrogens (primary N) is 1. The van der Waals surface area contributed by atoms with Crippen LogP contribution < -0.4 is 5.73 Å². The first-order chi connectivity index (χ1) is 8.68. The van der Waals surface area contributed by atoms with Crippen molar-refractivity contribution in [3.05, 3.63) is 12.7 Å². The van der Waals surface area contributed by atoms with Gasteiger partial charge < -0.3 is 5.73 Å². The molecule has 0 aromatic carbocycles. The van der Waals surface area contributed by atoms with Crippen LogP contribution >= 0.6 is 0 Å². The highest BCUT2D eigenvalue weighted by Crippen LogP contribution is 2.10. The number of unbranched alkanes of at least 4 members (excludes halogenated alkanes) is 8. The highest BCUT2D eigenvalue weighted by atomic mass is 16.1. The molecule has 0 unspecified atom stereocenters. The number of hydrogen-bond donors (Lipinski definition) is 1. The van der Waals surface area contributed by atoms with E-state index in [2.05, 4.69) is 20.4 Å². The number of hydrogen-bond acceptors (Lipinski definition) is 1. The van der Waals surface area contributed by atoms with Crippen molar-refractivity contribution in [2.45, 2.75) is 84.5 Å². The second-order valence-electron chi connectivity index (χ2n) is 4.74. The van der Waals surface area contributed by atoms with Gasteiger partial charge in [0, 0.05) is 6.42 Å². The standard InChI is InChI=1S/C12H25NO.C4H8/c1-2-3-4-5-6-7-8-9-10-11-12(13)14;1-3-4-2/h2-11H2,1H3,(H2,13,14);3H,1,4H2,2H3. The van der Waals surface area contributed by atoms with Crippen molar-refractivity contribution in [3.63, 3.8) is 0 Å². The Morgan fingerprint density at radius 3 is 1.67 bits per heavy atom. The van der Waals surface area contributed by atoms with Gasteiger partial charge in [-0.25, -0.2) is 0 Å². The molecule has 18 heavy (non-hydrogen) atoms. The summed E-state index contributed by atoms with van der Waals surface area (Å²) in [6.45, 7) is 7.78. The zero-order valence-corrected chi connectivity index (χ0v) is 12.5. The molecule has 0 aliphatic carbocycles. The summed E-state index contributed by atoms with van der Waals surface area (Å²) >= 11 is 0. The number of allylic oxidation sites excluding steroid dienone is 1. The van der Waals surface area contributed by atoms with Crippen molar-refractivity contribution in [3.8, 4) is 0 Å². The Hall–Kier alpha value is -0.790. The van der Waals surface area contributed by atoms with Gasteiger partial charge in [0.2, 0.25) is 5.91 Å². The predicted molar refractivity (Wildman–Crippen MR) is 81.5 cm³/mol. The molecule has 0 atom stereocenters. The first kappa shape index (κ1) is 19.5. The summed E-state index contributed by atoms with van der Waals surface area (Å²) in [6, 6.07) is 0. The van der Waals surface area contributed by atoms with Crippen LogP contribution in [0.2, 0.25) is 0 Å². The van der Waals surface area contributed by atoms with Crippen LogP contribution in [0.15, 0.2) is 12.7 Å². The second kappa shape index (κ2) is 18.6. The normalized spacial score (nSPS) is 9.44. The van der Waals surface area contributed by atoms with Crippen LogP contribution in [0.4, 0.5) is 0 Å². The second-order valence-corrected chi connectivity index (χ2v) is 4.74. The number of carbonyl (C=O) groups excluding carboxylic acids is 1. The average Bonchev–Trinajstić information content (AvgIpc) is 2.37. The lowest BCUT2D eigenvalue weighted by Gasteiger charge is -2.00. The van der Waals surface area contributed by atoms with Gasteiger partial charge in [-0.05, 0) is 12.8 Å². The molecule has 0 radical (unpaired) electrons. The van der Waals surface area contributed by atoms with Gasteiger partial charge in [-0.3, -0.25) is 4.79 Å². The first-order valence-corrected chi connectivity index (χ1v) is 7.58. The Morgan fingerprint density at radius 1 is 0.944 bits per heavy atom. The van der Waals surface area contributed by atoms with Crippen molar-refractivity contribution < 1.29 is 4.79 Å². The third kappa shape index (κ3) is 24.4. The predicted octanol–water partition coefficient (Wildman–Crippen LogP) is 4.98. The fourth-order valence-electron chi connectivity index (χ4n) is 1.61. The Kier molecular flexibility index (Phi) is 20.2. The van der Waals surface area contributed by atoms with E-state index in [1.165, 1.54) is 44.9 Å². The van der Waals surface area contributed by atoms with Crippen LogP contribution in [0, 0.1) is 0 Å². The Bertz CT molecular complexity index is 178. The third-order valence-electron chi connectivity index (χ3n) is 2.82. The molecule has 0 saturated heterocycles. The summed E-state index contributed by atoms with van der Waals surface area (Å²) in [4.78, 5) is 10.4. The lowest BCUT2D eigenvalue weighted by molar-refractivity contribution is -0.118. The molecule has 2 N–H and O–H groups in total. The molecule has 0 spiro atoms. The molecule has 108 valence electrons. The summed E-state index contributed by atoms with van der Waals surface area (Å²) in [7, 11) is 0. The van der Waals surface area contributed by atoms with E-state index in [1.54, 1.807) is 0 Å². The molecule has 0 bridgehead atoms. The maximum Gasteiger partial charge on any atom is 0.217 e. The van der Waals surface area contributed by atoms with Crippen molar-refractivity contribution in [1.29, 1.82) is 0 Å². The summed E-state index contributed by atoms with van der Waals surface area (Å²) in [5.74, 6) is -0.159. The quantitative estimate of drug-likeness (QED) is 0.411. The Labute approximate surface area is 114 Å². The molecular weight excluding hydrogens is 222 g/mol. The van der Waals surface area contributed by atoms with Gasteiger partial charge in [0.25, 0.3) is 0 Å². The Balaban J connectivity index is 0. The lowest BCUT2D eigenvalue weighted by atomic mass is 10.1. The van der Waals surface area contributed by atoms with Crippen molar-refractivity contribution in [1.82, 2.24) is 0 Å². The van der Waals surface area contributed by atoms with E-state index in [0.717, 1.165) is 19.3 Å². The molecule has 1 amide bonds. The molecule has 0 aliphatic heterocycles. The van der Waals surface area contributed by atoms with E-state index in [4.69, 9.17) is 5.73 Å². The van der Waals surface area contributed by atoms with Crippen LogP contribution in [-0.4, -0.2) is 5.91 Å². The van der Waals surface area contributed by atoms with Crippen molar-refractivity contribution in [2.75, 3.05) is 0 Å². The van der Waals surface area contributed by atoms with E-state index >= 15 is 0 Å². The van der Waals surface area contributed by atoms with E-state index < -0.39 is 0 Å². The Morgan fingerprint density at radius 2 is 1.33 bits per heavy atom. The van der Waals surface area contributed by atoms with Crippen LogP contribution in [0.3, 0.4) is 0 Å². The fraction of sp³-hybridized carbons (Fsp3) is 0.812. The maximum atomic E-state index is 10.4. The highest BCUT2D eigenvalue weighted by molar-refractivity contribution is 5.73. The first-order valence-electron chi connectivity index (χ1n) is 7.58. The topological polar surface area (TPSA) is 43.1 Å². The van der Waals surface area contributed by atoms with Crippen LogP contribution in [0.25, 0.3) is 0 Å². The van der Waals surface area contributed by atoms with E-state index in [-0.39, 0.29) is 5.91 Å². The summed E-state index contributed by atoms with van der Waals surface area (Å²) < 4.78 is 0. The van der Waals surface area contributed by atoms with Crippen LogP contribution in [0.1, 0.15) is 84.5 Å². The third-order valence-corrected chi connectivity index (χ3v) is 2.82. The van der Waals surface area contributed by atoms with Gasteiger partial charge in [-0.15, -0.1) is 6.58 Å². The summed E-state index contributed by atoms with van der Waals surface area (Å²) in [6.07, 6.45) is 15.1. The fourth-order valence-corrected chi connectivity index (χ4v) is 1.61. The lowest BCUT2D eigenvalue weighted by Crippen LogP contribution is -2.09. The zero-order chi connectivity index (χ0) is 14.1. The van der Waals surface area contributed by atoms with Crippen LogP contribution in [-0.2, 0) is 4.79 Å². The largest absolute Gasteiger partial charge is 0.370 e. The molecular formula is C16H33NO. The number of primary amides is 1. The maximum absolute atomic E-state index is 10.4. The zero-order valence-electron chi connectivity index (χ0n) is 12.5. The molecule has 0 saturated carbocycles. The molecule has 0 aromatic heterocycles. The van der Waals surface area contributed by atoms with Crippen LogP contribution in [0.5, 0.6) is 0 Å². The molecule has 0 heterocycles. The van der Waals surface area contributed by atoms with Crippen molar-refractivity contribution in [2.24, 2.45) is 5.73 Å². The van der Waals surface area contributed by atoms with Gasteiger partial charge in [0.1, 0.15) is 0 Å². The van der Waals surface area contributed by atoms with Gasteiger partial charge in [-0.1, -0.05) is 71.3 Å². The molecule has 0 aliphatic rings.